The Morgan fingerprint density at radius 3 is 2.29 bits per heavy atom. The Bertz CT molecular complexity index is 2060. The molecule has 0 bridgehead atoms. The smallest absolute Gasteiger partial charge is 0.255 e. The number of sulfonamides is 1. The number of nitrogens with zero attached hydrogens (tertiary/aromatic N) is 1. The van der Waals surface area contributed by atoms with Crippen LogP contribution in [-0.4, -0.2) is 34.7 Å². The van der Waals surface area contributed by atoms with E-state index in [1.54, 1.807) is 35.6 Å². The minimum Gasteiger partial charge on any atom is -0.455 e. The number of anilines is 1. The fourth-order valence-electron chi connectivity index (χ4n) is 5.01. The number of furan rings is 1. The molecule has 2 aromatic heterocycles. The number of halogens is 1. The lowest BCUT2D eigenvalue weighted by atomic mass is 9.95. The van der Waals surface area contributed by atoms with E-state index in [4.69, 9.17) is 4.42 Å². The monoisotopic (exact) mass is 584 g/mol. The van der Waals surface area contributed by atoms with Gasteiger partial charge in [-0.25, -0.2) is 12.8 Å². The summed E-state index contributed by atoms with van der Waals surface area (Å²) in [5.74, 6) is -0.524. The first-order valence-corrected chi connectivity index (χ1v) is 15.5. The molecule has 0 saturated heterocycles. The van der Waals surface area contributed by atoms with Crippen molar-refractivity contribution in [2.24, 2.45) is 0 Å². The standard InChI is InChI=1S/C32H25FN2O4S2/c1-34-32(36)30-25-16-24(20-7-6-8-21(15-20)26-18-40-29-10-5-4-9-23(26)29)27(35(2)41(3,37)38)17-28(25)39-31(30)19-11-13-22(33)14-12-19/h4-18H,1-3H3,(H,34,36). The molecule has 206 valence electrons. The number of carbonyl (C=O) groups excluding carboxylic acids is 1. The maximum Gasteiger partial charge on any atom is 0.255 e. The Balaban J connectivity index is 1.62. The summed E-state index contributed by atoms with van der Waals surface area (Å²) in [5.41, 5.74) is 4.99. The molecular formula is C32H25FN2O4S2. The summed E-state index contributed by atoms with van der Waals surface area (Å²) in [6.45, 7) is 0. The number of carbonyl (C=O) groups is 1. The van der Waals surface area contributed by atoms with E-state index < -0.39 is 15.8 Å². The number of benzene rings is 4. The van der Waals surface area contributed by atoms with Crippen LogP contribution in [0.3, 0.4) is 0 Å². The normalized spacial score (nSPS) is 11.7. The number of hydrogen-bond donors (Lipinski definition) is 1. The van der Waals surface area contributed by atoms with Crippen LogP contribution in [0, 0.1) is 5.82 Å². The highest BCUT2D eigenvalue weighted by Crippen LogP contribution is 2.43. The number of rotatable bonds is 6. The molecular weight excluding hydrogens is 559 g/mol. The lowest BCUT2D eigenvalue weighted by Gasteiger charge is -2.21. The summed E-state index contributed by atoms with van der Waals surface area (Å²) < 4.78 is 47.7. The summed E-state index contributed by atoms with van der Waals surface area (Å²) in [4.78, 5) is 13.2. The van der Waals surface area contributed by atoms with E-state index in [0.717, 1.165) is 28.3 Å². The van der Waals surface area contributed by atoms with Crippen LogP contribution < -0.4 is 9.62 Å². The maximum absolute atomic E-state index is 13.7. The highest BCUT2D eigenvalue weighted by atomic mass is 32.2. The summed E-state index contributed by atoms with van der Waals surface area (Å²) in [6.07, 6.45) is 1.14. The summed E-state index contributed by atoms with van der Waals surface area (Å²) in [6, 6.07) is 25.2. The van der Waals surface area contributed by atoms with E-state index in [1.807, 2.05) is 36.4 Å². The largest absolute Gasteiger partial charge is 0.455 e. The van der Waals surface area contributed by atoms with Gasteiger partial charge in [-0.2, -0.15) is 0 Å². The third kappa shape index (κ3) is 4.77. The first-order valence-electron chi connectivity index (χ1n) is 12.7. The van der Waals surface area contributed by atoms with Gasteiger partial charge in [-0.15, -0.1) is 11.3 Å². The fraction of sp³-hybridized carbons (Fsp3) is 0.0938. The third-order valence-corrected chi connectivity index (χ3v) is 9.32. The van der Waals surface area contributed by atoms with Gasteiger partial charge < -0.3 is 9.73 Å². The van der Waals surface area contributed by atoms with Crippen LogP contribution in [-0.2, 0) is 10.0 Å². The second-order valence-electron chi connectivity index (χ2n) is 9.71. The predicted molar refractivity (Wildman–Crippen MR) is 164 cm³/mol. The van der Waals surface area contributed by atoms with Gasteiger partial charge in [0.1, 0.15) is 17.2 Å². The second-order valence-corrected chi connectivity index (χ2v) is 12.6. The molecule has 6 nitrogen and oxygen atoms in total. The number of fused-ring (bicyclic) bond motifs is 2. The van der Waals surface area contributed by atoms with Gasteiger partial charge in [0.2, 0.25) is 10.0 Å². The van der Waals surface area contributed by atoms with Crippen LogP contribution in [0.15, 0.2) is 94.7 Å². The summed E-state index contributed by atoms with van der Waals surface area (Å²) >= 11 is 1.67. The van der Waals surface area contributed by atoms with Crippen LogP contribution in [0.1, 0.15) is 10.4 Å². The molecule has 4 aromatic carbocycles. The van der Waals surface area contributed by atoms with Crippen LogP contribution in [0.2, 0.25) is 0 Å². The topological polar surface area (TPSA) is 79.6 Å². The average Bonchev–Trinajstić information content (AvgIpc) is 3.57. The minimum atomic E-state index is -3.65. The zero-order valence-corrected chi connectivity index (χ0v) is 24.1. The van der Waals surface area contributed by atoms with Crippen molar-refractivity contribution in [3.05, 3.63) is 102 Å². The highest BCUT2D eigenvalue weighted by Gasteiger charge is 2.26. The molecule has 0 unspecified atom stereocenters. The van der Waals surface area contributed by atoms with Gasteiger partial charge in [0.15, 0.2) is 0 Å². The van der Waals surface area contributed by atoms with E-state index in [9.17, 15) is 17.6 Å². The van der Waals surface area contributed by atoms with Gasteiger partial charge in [-0.3, -0.25) is 9.10 Å². The third-order valence-electron chi connectivity index (χ3n) is 7.17. The van der Waals surface area contributed by atoms with Gasteiger partial charge in [-0.1, -0.05) is 36.4 Å². The van der Waals surface area contributed by atoms with Crippen molar-refractivity contribution in [2.45, 2.75) is 0 Å². The molecule has 2 heterocycles. The van der Waals surface area contributed by atoms with Crippen molar-refractivity contribution >= 4 is 54.0 Å². The SMILES string of the molecule is CNC(=O)c1c(-c2ccc(F)cc2)oc2cc(N(C)S(C)(=O)=O)c(-c3cccc(-c4csc5ccccc45)c3)cc12. The van der Waals surface area contributed by atoms with E-state index in [-0.39, 0.29) is 17.2 Å². The molecule has 0 radical (unpaired) electrons. The van der Waals surface area contributed by atoms with E-state index in [0.29, 0.717) is 27.8 Å². The first-order chi connectivity index (χ1) is 19.7. The molecule has 0 fully saturated rings. The quantitative estimate of drug-likeness (QED) is 0.219. The van der Waals surface area contributed by atoms with E-state index in [1.165, 1.54) is 35.2 Å². The van der Waals surface area contributed by atoms with Crippen molar-refractivity contribution in [1.82, 2.24) is 5.32 Å². The number of amides is 1. The summed E-state index contributed by atoms with van der Waals surface area (Å²) in [5, 5.41) is 6.43. The van der Waals surface area contributed by atoms with Crippen LogP contribution in [0.25, 0.3) is 54.6 Å². The molecule has 0 aliphatic heterocycles. The first kappa shape index (κ1) is 26.7. The zero-order valence-electron chi connectivity index (χ0n) is 22.4. The van der Waals surface area contributed by atoms with Gasteiger partial charge >= 0.3 is 0 Å². The molecule has 0 saturated carbocycles. The van der Waals surface area contributed by atoms with Crippen molar-refractivity contribution in [3.63, 3.8) is 0 Å². The summed E-state index contributed by atoms with van der Waals surface area (Å²) in [7, 11) is -0.635. The molecule has 0 atom stereocenters. The molecule has 6 aromatic rings. The zero-order chi connectivity index (χ0) is 28.9. The lowest BCUT2D eigenvalue weighted by molar-refractivity contribution is 0.0964. The maximum atomic E-state index is 13.7. The van der Waals surface area contributed by atoms with Crippen molar-refractivity contribution in [2.75, 3.05) is 24.7 Å². The molecule has 0 aliphatic rings. The lowest BCUT2D eigenvalue weighted by Crippen LogP contribution is -2.25. The minimum absolute atomic E-state index is 0.267. The Kier molecular flexibility index (Phi) is 6.63. The van der Waals surface area contributed by atoms with Crippen LogP contribution in [0.5, 0.6) is 0 Å². The van der Waals surface area contributed by atoms with Crippen LogP contribution >= 0.6 is 11.3 Å². The Morgan fingerprint density at radius 2 is 1.59 bits per heavy atom. The van der Waals surface area contributed by atoms with E-state index in [2.05, 4.69) is 22.8 Å². The molecule has 6 rings (SSSR count). The average molecular weight is 585 g/mol. The van der Waals surface area contributed by atoms with Gasteiger partial charge in [0.25, 0.3) is 5.91 Å². The van der Waals surface area contributed by atoms with Gasteiger partial charge in [-0.05, 0) is 59.0 Å². The molecule has 0 spiro atoms. The van der Waals surface area contributed by atoms with Crippen LogP contribution in [0.4, 0.5) is 10.1 Å². The van der Waals surface area contributed by atoms with Crippen molar-refractivity contribution in [3.8, 4) is 33.6 Å². The Hall–Kier alpha value is -4.47. The second kappa shape index (κ2) is 10.2. The predicted octanol–water partition coefficient (Wildman–Crippen LogP) is 7.54. The van der Waals surface area contributed by atoms with Gasteiger partial charge in [0, 0.05) is 52.3 Å². The molecule has 1 amide bonds. The molecule has 0 aliphatic carbocycles. The number of nitrogens with one attached hydrogen (secondary N) is 1. The van der Waals surface area contributed by atoms with Crippen molar-refractivity contribution in [1.29, 1.82) is 0 Å². The number of hydrogen-bond acceptors (Lipinski definition) is 5. The molecule has 1 N–H and O–H groups in total. The highest BCUT2D eigenvalue weighted by molar-refractivity contribution is 7.92. The Labute approximate surface area is 240 Å². The molecule has 41 heavy (non-hydrogen) atoms. The number of thiophene rings is 1. The fourth-order valence-corrected chi connectivity index (χ4v) is 6.49. The Morgan fingerprint density at radius 1 is 0.878 bits per heavy atom. The van der Waals surface area contributed by atoms with Gasteiger partial charge in [0.05, 0.1) is 17.5 Å². The van der Waals surface area contributed by atoms with E-state index >= 15 is 0 Å². The van der Waals surface area contributed by atoms with Crippen molar-refractivity contribution < 1.29 is 22.0 Å². The molecule has 9 heteroatoms.